The highest BCUT2D eigenvalue weighted by Crippen LogP contribution is 2.28. The van der Waals surface area contributed by atoms with E-state index in [4.69, 9.17) is 5.11 Å². The number of allylic oxidation sites excluding steroid dienone is 1. The van der Waals surface area contributed by atoms with E-state index in [-0.39, 0.29) is 12.0 Å². The summed E-state index contributed by atoms with van der Waals surface area (Å²) >= 11 is 0. The zero-order valence-corrected chi connectivity index (χ0v) is 8.80. The van der Waals surface area contributed by atoms with Gasteiger partial charge in [0.15, 0.2) is 0 Å². The zero-order chi connectivity index (χ0) is 9.61. The van der Waals surface area contributed by atoms with Gasteiger partial charge in [-0.1, -0.05) is 46.3 Å². The van der Waals surface area contributed by atoms with Crippen LogP contribution in [-0.4, -0.2) is 11.7 Å². The van der Waals surface area contributed by atoms with Crippen LogP contribution >= 0.6 is 0 Å². The van der Waals surface area contributed by atoms with Crippen molar-refractivity contribution in [2.24, 2.45) is 11.3 Å². The zero-order valence-electron chi connectivity index (χ0n) is 8.80. The summed E-state index contributed by atoms with van der Waals surface area (Å²) in [5.41, 5.74) is 0.234. The van der Waals surface area contributed by atoms with Gasteiger partial charge in [0.25, 0.3) is 0 Å². The molecule has 0 amide bonds. The SMILES string of the molecule is CCC(C)CC(C)(C)C=CCO. The number of aliphatic hydroxyl groups is 1. The highest BCUT2D eigenvalue weighted by atomic mass is 16.2. The minimum atomic E-state index is 0.157. The normalized spacial score (nSPS) is 15.4. The Hall–Kier alpha value is -0.300. The van der Waals surface area contributed by atoms with E-state index < -0.39 is 0 Å². The Balaban J connectivity index is 3.94. The highest BCUT2D eigenvalue weighted by Gasteiger charge is 2.16. The molecule has 1 heteroatoms. The maximum Gasteiger partial charge on any atom is 0.0612 e. The van der Waals surface area contributed by atoms with Crippen LogP contribution in [0, 0.1) is 11.3 Å². The molecule has 1 atom stereocenters. The van der Waals surface area contributed by atoms with Crippen molar-refractivity contribution < 1.29 is 5.11 Å². The fourth-order valence-corrected chi connectivity index (χ4v) is 1.48. The second kappa shape index (κ2) is 5.36. The minimum absolute atomic E-state index is 0.157. The largest absolute Gasteiger partial charge is 0.392 e. The number of hydrogen-bond donors (Lipinski definition) is 1. The van der Waals surface area contributed by atoms with Crippen molar-refractivity contribution in [3.05, 3.63) is 12.2 Å². The first-order valence-corrected chi connectivity index (χ1v) is 4.80. The molecule has 0 aliphatic rings. The molecule has 1 nitrogen and oxygen atoms in total. The van der Waals surface area contributed by atoms with E-state index in [1.807, 2.05) is 6.08 Å². The second-order valence-corrected chi connectivity index (χ2v) is 4.29. The summed E-state index contributed by atoms with van der Waals surface area (Å²) in [6.45, 7) is 9.08. The quantitative estimate of drug-likeness (QED) is 0.629. The summed E-state index contributed by atoms with van der Waals surface area (Å²) in [4.78, 5) is 0. The van der Waals surface area contributed by atoms with Crippen molar-refractivity contribution >= 4 is 0 Å². The van der Waals surface area contributed by atoms with Gasteiger partial charge < -0.3 is 5.11 Å². The Morgan fingerprint density at radius 3 is 2.42 bits per heavy atom. The summed E-state index contributed by atoms with van der Waals surface area (Å²) in [5.74, 6) is 0.767. The van der Waals surface area contributed by atoms with Crippen molar-refractivity contribution in [3.8, 4) is 0 Å². The maximum absolute atomic E-state index is 8.63. The minimum Gasteiger partial charge on any atom is -0.392 e. The topological polar surface area (TPSA) is 20.2 Å². The number of hydrogen-bond acceptors (Lipinski definition) is 1. The van der Waals surface area contributed by atoms with Crippen LogP contribution in [0.3, 0.4) is 0 Å². The molecule has 0 aromatic rings. The molecule has 0 aromatic heterocycles. The monoisotopic (exact) mass is 170 g/mol. The summed E-state index contributed by atoms with van der Waals surface area (Å²) in [6, 6.07) is 0. The van der Waals surface area contributed by atoms with Crippen LogP contribution in [0.25, 0.3) is 0 Å². The van der Waals surface area contributed by atoms with E-state index in [2.05, 4.69) is 33.8 Å². The molecule has 0 radical (unpaired) electrons. The van der Waals surface area contributed by atoms with Gasteiger partial charge >= 0.3 is 0 Å². The van der Waals surface area contributed by atoms with Crippen LogP contribution < -0.4 is 0 Å². The van der Waals surface area contributed by atoms with Crippen molar-refractivity contribution in [2.45, 2.75) is 40.5 Å². The van der Waals surface area contributed by atoms with Crippen LogP contribution in [0.5, 0.6) is 0 Å². The van der Waals surface area contributed by atoms with Gasteiger partial charge in [-0.05, 0) is 17.8 Å². The Morgan fingerprint density at radius 1 is 1.42 bits per heavy atom. The van der Waals surface area contributed by atoms with E-state index in [0.29, 0.717) is 0 Å². The van der Waals surface area contributed by atoms with Gasteiger partial charge in [0.1, 0.15) is 0 Å². The van der Waals surface area contributed by atoms with E-state index >= 15 is 0 Å². The van der Waals surface area contributed by atoms with E-state index in [1.165, 1.54) is 12.8 Å². The van der Waals surface area contributed by atoms with Crippen molar-refractivity contribution in [3.63, 3.8) is 0 Å². The van der Waals surface area contributed by atoms with Gasteiger partial charge in [-0.15, -0.1) is 0 Å². The van der Waals surface area contributed by atoms with Crippen LogP contribution in [-0.2, 0) is 0 Å². The standard InChI is InChI=1S/C11H22O/c1-5-10(2)9-11(3,4)7-6-8-12/h6-7,10,12H,5,8-9H2,1-4H3. The van der Waals surface area contributed by atoms with Crippen molar-refractivity contribution in [2.75, 3.05) is 6.61 Å². The predicted molar refractivity (Wildman–Crippen MR) is 54.1 cm³/mol. The lowest BCUT2D eigenvalue weighted by Gasteiger charge is -2.23. The molecule has 0 saturated carbocycles. The van der Waals surface area contributed by atoms with Gasteiger partial charge in [-0.25, -0.2) is 0 Å². The molecule has 0 fully saturated rings. The highest BCUT2D eigenvalue weighted by molar-refractivity contribution is 4.95. The maximum atomic E-state index is 8.63. The lowest BCUT2D eigenvalue weighted by atomic mass is 9.82. The molecule has 0 saturated heterocycles. The molecule has 0 rings (SSSR count). The molecular formula is C11H22O. The molecule has 0 spiro atoms. The van der Waals surface area contributed by atoms with Gasteiger partial charge in [0.2, 0.25) is 0 Å². The molecule has 0 bridgehead atoms. The van der Waals surface area contributed by atoms with E-state index in [9.17, 15) is 0 Å². The third-order valence-corrected chi connectivity index (χ3v) is 2.25. The van der Waals surface area contributed by atoms with Gasteiger partial charge in [-0.2, -0.15) is 0 Å². The molecule has 0 aromatic carbocycles. The summed E-state index contributed by atoms with van der Waals surface area (Å²) in [7, 11) is 0. The average molecular weight is 170 g/mol. The first-order valence-electron chi connectivity index (χ1n) is 4.80. The van der Waals surface area contributed by atoms with Crippen LogP contribution in [0.15, 0.2) is 12.2 Å². The summed E-state index contributed by atoms with van der Waals surface area (Å²) in [5, 5.41) is 8.63. The Bertz CT molecular complexity index is 136. The summed E-state index contributed by atoms with van der Waals surface area (Å²) < 4.78 is 0. The van der Waals surface area contributed by atoms with Crippen LogP contribution in [0.4, 0.5) is 0 Å². The van der Waals surface area contributed by atoms with Gasteiger partial charge in [0.05, 0.1) is 6.61 Å². The molecule has 1 unspecified atom stereocenters. The second-order valence-electron chi connectivity index (χ2n) is 4.29. The number of aliphatic hydroxyl groups excluding tert-OH is 1. The van der Waals surface area contributed by atoms with E-state index in [1.54, 1.807) is 0 Å². The predicted octanol–water partition coefficient (Wildman–Crippen LogP) is 3.00. The van der Waals surface area contributed by atoms with Crippen LogP contribution in [0.1, 0.15) is 40.5 Å². The lowest BCUT2D eigenvalue weighted by molar-refractivity contribution is 0.325. The third-order valence-electron chi connectivity index (χ3n) is 2.25. The Kier molecular flexibility index (Phi) is 5.23. The number of rotatable bonds is 5. The van der Waals surface area contributed by atoms with Gasteiger partial charge in [-0.3, -0.25) is 0 Å². The fourth-order valence-electron chi connectivity index (χ4n) is 1.48. The molecule has 0 aliphatic heterocycles. The molecule has 0 aliphatic carbocycles. The van der Waals surface area contributed by atoms with Crippen molar-refractivity contribution in [1.29, 1.82) is 0 Å². The molecular weight excluding hydrogens is 148 g/mol. The summed E-state index contributed by atoms with van der Waals surface area (Å²) in [6.07, 6.45) is 6.37. The first-order chi connectivity index (χ1) is 5.52. The smallest absolute Gasteiger partial charge is 0.0612 e. The lowest BCUT2D eigenvalue weighted by Crippen LogP contribution is -2.12. The fraction of sp³-hybridized carbons (Fsp3) is 0.818. The molecule has 1 N–H and O–H groups in total. The Morgan fingerprint density at radius 2 is 2.00 bits per heavy atom. The first kappa shape index (κ1) is 11.7. The van der Waals surface area contributed by atoms with E-state index in [0.717, 1.165) is 5.92 Å². The van der Waals surface area contributed by atoms with Crippen LogP contribution in [0.2, 0.25) is 0 Å². The third kappa shape index (κ3) is 5.36. The molecule has 0 heterocycles. The van der Waals surface area contributed by atoms with Crippen molar-refractivity contribution in [1.82, 2.24) is 0 Å². The van der Waals surface area contributed by atoms with Gasteiger partial charge in [0, 0.05) is 0 Å². The molecule has 12 heavy (non-hydrogen) atoms. The molecule has 72 valence electrons. The Labute approximate surface area is 76.5 Å². The average Bonchev–Trinajstić information content (AvgIpc) is 2.00.